The minimum atomic E-state index is -0.219. The summed E-state index contributed by atoms with van der Waals surface area (Å²) in [5.41, 5.74) is 5.36. The maximum Gasteiger partial charge on any atom is 0.120 e. The van der Waals surface area contributed by atoms with Crippen molar-refractivity contribution in [3.8, 4) is 0 Å². The number of hydrogen-bond acceptors (Lipinski definition) is 1. The Balaban J connectivity index is 2.63. The van der Waals surface area contributed by atoms with Crippen LogP contribution in [-0.2, 0) is 0 Å². The van der Waals surface area contributed by atoms with E-state index >= 15 is 0 Å². The number of nitrogens with two attached hydrogens (primary N) is 1. The van der Waals surface area contributed by atoms with Gasteiger partial charge in [-0.3, -0.25) is 0 Å². The molecular weight excluding hydrogens is 105 g/mol. The first-order chi connectivity index (χ1) is 3.79. The average Bonchev–Trinajstić information content (AvgIpc) is 1.64. The molecule has 1 unspecified atom stereocenters. The van der Waals surface area contributed by atoms with Gasteiger partial charge in [-0.2, -0.15) is 0 Å². The van der Waals surface area contributed by atoms with Crippen molar-refractivity contribution >= 4 is 0 Å². The lowest BCUT2D eigenvalue weighted by molar-refractivity contribution is 0.638. The maximum absolute atomic E-state index is 12.1. The number of allylic oxidation sites excluding steroid dienone is 2. The van der Waals surface area contributed by atoms with Gasteiger partial charge in [-0.15, -0.1) is 0 Å². The smallest absolute Gasteiger partial charge is 0.120 e. The van der Waals surface area contributed by atoms with Crippen molar-refractivity contribution in [1.82, 2.24) is 0 Å². The standard InChI is InChI=1S/C6H8FN/c7-5-2-1-3-6(8)4-5/h1-2,4,6H,3,8H2. The molecule has 0 aliphatic heterocycles. The van der Waals surface area contributed by atoms with Gasteiger partial charge < -0.3 is 5.73 Å². The summed E-state index contributed by atoms with van der Waals surface area (Å²) in [5, 5.41) is 0. The molecule has 1 aliphatic rings. The molecule has 2 heteroatoms. The second-order valence-electron chi connectivity index (χ2n) is 1.85. The normalized spacial score (nSPS) is 27.8. The monoisotopic (exact) mass is 113 g/mol. The number of halogens is 1. The Hall–Kier alpha value is -0.630. The zero-order valence-electron chi connectivity index (χ0n) is 4.47. The van der Waals surface area contributed by atoms with Gasteiger partial charge in [0, 0.05) is 6.04 Å². The molecule has 2 N–H and O–H groups in total. The summed E-state index contributed by atoms with van der Waals surface area (Å²) < 4.78 is 12.1. The second kappa shape index (κ2) is 2.09. The van der Waals surface area contributed by atoms with Crippen LogP contribution in [0, 0.1) is 0 Å². The molecule has 0 heterocycles. The van der Waals surface area contributed by atoms with Gasteiger partial charge in [0.05, 0.1) is 0 Å². The lowest BCUT2D eigenvalue weighted by atomic mass is 10.1. The van der Waals surface area contributed by atoms with Gasteiger partial charge in [-0.1, -0.05) is 6.08 Å². The third kappa shape index (κ3) is 1.17. The largest absolute Gasteiger partial charge is 0.324 e. The summed E-state index contributed by atoms with van der Waals surface area (Å²) in [4.78, 5) is 0. The molecule has 0 aromatic carbocycles. The minimum Gasteiger partial charge on any atom is -0.324 e. The Bertz CT molecular complexity index is 137. The topological polar surface area (TPSA) is 26.0 Å². The molecule has 0 bridgehead atoms. The van der Waals surface area contributed by atoms with E-state index in [9.17, 15) is 4.39 Å². The summed E-state index contributed by atoms with van der Waals surface area (Å²) in [5.74, 6) is -0.219. The van der Waals surface area contributed by atoms with Crippen molar-refractivity contribution in [2.45, 2.75) is 12.5 Å². The predicted molar refractivity (Wildman–Crippen MR) is 30.9 cm³/mol. The van der Waals surface area contributed by atoms with E-state index in [1.165, 1.54) is 12.2 Å². The first kappa shape index (κ1) is 5.51. The fourth-order valence-corrected chi connectivity index (χ4v) is 0.666. The molecule has 8 heavy (non-hydrogen) atoms. The summed E-state index contributed by atoms with van der Waals surface area (Å²) in [7, 11) is 0. The van der Waals surface area contributed by atoms with Gasteiger partial charge in [0.1, 0.15) is 5.83 Å². The summed E-state index contributed by atoms with van der Waals surface area (Å²) in [6, 6.07) is -0.111. The Morgan fingerprint density at radius 1 is 1.75 bits per heavy atom. The predicted octanol–water partition coefficient (Wildman–Crippen LogP) is 1.13. The van der Waals surface area contributed by atoms with Crippen LogP contribution < -0.4 is 5.73 Å². The van der Waals surface area contributed by atoms with Crippen LogP contribution in [0.15, 0.2) is 24.1 Å². The maximum atomic E-state index is 12.1. The molecule has 1 atom stereocenters. The highest BCUT2D eigenvalue weighted by Gasteiger charge is 2.01. The van der Waals surface area contributed by atoms with Crippen LogP contribution in [0.25, 0.3) is 0 Å². The highest BCUT2D eigenvalue weighted by Crippen LogP contribution is 2.08. The molecule has 1 nitrogen and oxygen atoms in total. The van der Waals surface area contributed by atoms with Gasteiger partial charge in [0.2, 0.25) is 0 Å². The molecule has 0 saturated carbocycles. The van der Waals surface area contributed by atoms with Crippen molar-refractivity contribution in [3.63, 3.8) is 0 Å². The van der Waals surface area contributed by atoms with Gasteiger partial charge >= 0.3 is 0 Å². The quantitative estimate of drug-likeness (QED) is 0.500. The van der Waals surface area contributed by atoms with Crippen LogP contribution in [0.2, 0.25) is 0 Å². The van der Waals surface area contributed by atoms with E-state index < -0.39 is 0 Å². The van der Waals surface area contributed by atoms with Crippen LogP contribution in [0.1, 0.15) is 6.42 Å². The van der Waals surface area contributed by atoms with Crippen LogP contribution in [0.3, 0.4) is 0 Å². The van der Waals surface area contributed by atoms with Crippen LogP contribution in [-0.4, -0.2) is 6.04 Å². The lowest BCUT2D eigenvalue weighted by Crippen LogP contribution is -2.17. The molecule has 0 amide bonds. The third-order valence-electron chi connectivity index (χ3n) is 1.06. The van der Waals surface area contributed by atoms with E-state index in [1.807, 2.05) is 0 Å². The second-order valence-corrected chi connectivity index (χ2v) is 1.85. The molecule has 1 aliphatic carbocycles. The van der Waals surface area contributed by atoms with Gasteiger partial charge in [-0.05, 0) is 18.6 Å². The highest BCUT2D eigenvalue weighted by atomic mass is 19.1. The van der Waals surface area contributed by atoms with Crippen molar-refractivity contribution in [2.24, 2.45) is 5.73 Å². The minimum absolute atomic E-state index is 0.111. The SMILES string of the molecule is NC1C=C(F)C=CC1. The third-order valence-corrected chi connectivity index (χ3v) is 1.06. The summed E-state index contributed by atoms with van der Waals surface area (Å²) >= 11 is 0. The van der Waals surface area contributed by atoms with Gasteiger partial charge in [0.25, 0.3) is 0 Å². The van der Waals surface area contributed by atoms with Gasteiger partial charge in [0.15, 0.2) is 0 Å². The lowest BCUT2D eigenvalue weighted by Gasteiger charge is -2.05. The van der Waals surface area contributed by atoms with Crippen LogP contribution in [0.4, 0.5) is 4.39 Å². The van der Waals surface area contributed by atoms with E-state index in [1.54, 1.807) is 6.08 Å². The van der Waals surface area contributed by atoms with Crippen LogP contribution >= 0.6 is 0 Å². The first-order valence-electron chi connectivity index (χ1n) is 2.58. The molecule has 0 aromatic heterocycles. The van der Waals surface area contributed by atoms with Crippen molar-refractivity contribution in [3.05, 3.63) is 24.1 Å². The molecule has 0 aromatic rings. The Labute approximate surface area is 47.7 Å². The molecule has 0 radical (unpaired) electrons. The Morgan fingerprint density at radius 2 is 2.50 bits per heavy atom. The van der Waals surface area contributed by atoms with Crippen molar-refractivity contribution in [1.29, 1.82) is 0 Å². The molecular formula is C6H8FN. The molecule has 0 fully saturated rings. The van der Waals surface area contributed by atoms with Gasteiger partial charge in [-0.25, -0.2) is 4.39 Å². The Morgan fingerprint density at radius 3 is 2.88 bits per heavy atom. The average molecular weight is 113 g/mol. The van der Waals surface area contributed by atoms with E-state index in [0.29, 0.717) is 0 Å². The Kier molecular flexibility index (Phi) is 1.44. The van der Waals surface area contributed by atoms with Crippen LogP contribution in [0.5, 0.6) is 0 Å². The molecule has 0 saturated heterocycles. The first-order valence-corrected chi connectivity index (χ1v) is 2.58. The zero-order valence-corrected chi connectivity index (χ0v) is 4.47. The summed E-state index contributed by atoms with van der Waals surface area (Å²) in [6.45, 7) is 0. The molecule has 1 rings (SSSR count). The zero-order chi connectivity index (χ0) is 5.98. The van der Waals surface area contributed by atoms with E-state index in [2.05, 4.69) is 0 Å². The van der Waals surface area contributed by atoms with Crippen molar-refractivity contribution < 1.29 is 4.39 Å². The number of rotatable bonds is 0. The summed E-state index contributed by atoms with van der Waals surface area (Å²) in [6.07, 6.45) is 5.34. The fraction of sp³-hybridized carbons (Fsp3) is 0.333. The molecule has 44 valence electrons. The number of hydrogen-bond donors (Lipinski definition) is 1. The molecule has 0 spiro atoms. The highest BCUT2D eigenvalue weighted by molar-refractivity contribution is 5.18. The van der Waals surface area contributed by atoms with E-state index in [0.717, 1.165) is 6.42 Å². The van der Waals surface area contributed by atoms with Crippen molar-refractivity contribution in [2.75, 3.05) is 0 Å². The van der Waals surface area contributed by atoms with E-state index in [4.69, 9.17) is 5.73 Å². The van der Waals surface area contributed by atoms with E-state index in [-0.39, 0.29) is 11.9 Å². The fourth-order valence-electron chi connectivity index (χ4n) is 0.666.